The molecule has 0 radical (unpaired) electrons. The SMILES string of the molecule is COCc1nc(C)ncc1OC[C@@]1(c2ccc(F)c(F)c2)C[C@H]1C(=O)O. The van der Waals surface area contributed by atoms with Gasteiger partial charge in [-0.2, -0.15) is 0 Å². The molecule has 1 aromatic carbocycles. The van der Waals surface area contributed by atoms with E-state index in [1.807, 2.05) is 0 Å². The van der Waals surface area contributed by atoms with Crippen LogP contribution in [0, 0.1) is 24.5 Å². The van der Waals surface area contributed by atoms with Gasteiger partial charge in [0.15, 0.2) is 17.4 Å². The second-order valence-corrected chi connectivity index (χ2v) is 6.33. The van der Waals surface area contributed by atoms with Crippen LogP contribution in [0.3, 0.4) is 0 Å². The Balaban J connectivity index is 1.87. The lowest BCUT2D eigenvalue weighted by molar-refractivity contribution is -0.139. The number of rotatable bonds is 7. The summed E-state index contributed by atoms with van der Waals surface area (Å²) in [5, 5.41) is 9.38. The predicted octanol–water partition coefficient (Wildman–Crippen LogP) is 2.63. The van der Waals surface area contributed by atoms with Gasteiger partial charge >= 0.3 is 5.97 Å². The molecule has 2 aromatic rings. The van der Waals surface area contributed by atoms with Crippen molar-refractivity contribution in [3.63, 3.8) is 0 Å². The molecule has 1 saturated carbocycles. The molecule has 0 amide bonds. The number of aromatic nitrogens is 2. The van der Waals surface area contributed by atoms with Gasteiger partial charge in [0.1, 0.15) is 11.5 Å². The number of aryl methyl sites for hydroxylation is 1. The molecule has 138 valence electrons. The van der Waals surface area contributed by atoms with Gasteiger partial charge in [-0.05, 0) is 31.0 Å². The van der Waals surface area contributed by atoms with Crippen molar-refractivity contribution >= 4 is 5.97 Å². The average Bonchev–Trinajstić information content (AvgIpc) is 3.33. The molecule has 26 heavy (non-hydrogen) atoms. The van der Waals surface area contributed by atoms with Crippen molar-refractivity contribution in [3.05, 3.63) is 53.1 Å². The standard InChI is InChI=1S/C18H18F2N2O4/c1-10-21-7-16(15(22-10)8-25-2)26-9-18(6-12(18)17(23)24)11-3-4-13(19)14(20)5-11/h3-5,7,12H,6,8-9H2,1-2H3,(H,23,24)/t12-,18+/m0/s1. The van der Waals surface area contributed by atoms with Crippen molar-refractivity contribution in [1.82, 2.24) is 9.97 Å². The van der Waals surface area contributed by atoms with Gasteiger partial charge in [-0.15, -0.1) is 0 Å². The Morgan fingerprint density at radius 2 is 2.15 bits per heavy atom. The number of ether oxygens (including phenoxy) is 2. The van der Waals surface area contributed by atoms with E-state index in [9.17, 15) is 18.7 Å². The number of methoxy groups -OCH3 is 1. The number of carboxylic acid groups (broad SMARTS) is 1. The summed E-state index contributed by atoms with van der Waals surface area (Å²) < 4.78 is 37.8. The number of nitrogens with zero attached hydrogens (tertiary/aromatic N) is 2. The van der Waals surface area contributed by atoms with E-state index in [0.29, 0.717) is 22.8 Å². The normalized spacial score (nSPS) is 21.5. The lowest BCUT2D eigenvalue weighted by Crippen LogP contribution is -2.24. The van der Waals surface area contributed by atoms with E-state index in [0.717, 1.165) is 12.1 Å². The largest absolute Gasteiger partial charge is 0.489 e. The highest BCUT2D eigenvalue weighted by molar-refractivity contribution is 5.77. The molecule has 1 fully saturated rings. The van der Waals surface area contributed by atoms with Crippen LogP contribution in [0.1, 0.15) is 23.5 Å². The molecule has 1 aliphatic rings. The first-order valence-electron chi connectivity index (χ1n) is 8.00. The van der Waals surface area contributed by atoms with Gasteiger partial charge in [0, 0.05) is 12.5 Å². The maximum atomic E-state index is 13.6. The van der Waals surface area contributed by atoms with Crippen LogP contribution in [0.15, 0.2) is 24.4 Å². The molecule has 0 aliphatic heterocycles. The molecule has 0 bridgehead atoms. The number of benzene rings is 1. The van der Waals surface area contributed by atoms with E-state index in [4.69, 9.17) is 9.47 Å². The van der Waals surface area contributed by atoms with Crippen molar-refractivity contribution in [2.75, 3.05) is 13.7 Å². The minimum absolute atomic E-state index is 0.0157. The van der Waals surface area contributed by atoms with Gasteiger partial charge < -0.3 is 14.6 Å². The molecular weight excluding hydrogens is 346 g/mol. The lowest BCUT2D eigenvalue weighted by Gasteiger charge is -2.19. The molecular formula is C18H18F2N2O4. The zero-order chi connectivity index (χ0) is 18.9. The third-order valence-corrected chi connectivity index (χ3v) is 4.58. The molecule has 8 heteroatoms. The van der Waals surface area contributed by atoms with Gasteiger partial charge in [0.05, 0.1) is 25.3 Å². The first-order valence-corrected chi connectivity index (χ1v) is 8.00. The van der Waals surface area contributed by atoms with Gasteiger partial charge in [-0.3, -0.25) is 4.79 Å². The summed E-state index contributed by atoms with van der Waals surface area (Å²) in [4.78, 5) is 19.8. The fourth-order valence-corrected chi connectivity index (χ4v) is 3.07. The minimum atomic E-state index is -1.02. The zero-order valence-corrected chi connectivity index (χ0v) is 14.3. The van der Waals surface area contributed by atoms with E-state index in [2.05, 4.69) is 9.97 Å². The summed E-state index contributed by atoms with van der Waals surface area (Å²) >= 11 is 0. The van der Waals surface area contributed by atoms with Crippen LogP contribution >= 0.6 is 0 Å². The highest BCUT2D eigenvalue weighted by Crippen LogP contribution is 2.54. The Labute approximate surface area is 148 Å². The van der Waals surface area contributed by atoms with E-state index in [-0.39, 0.29) is 19.6 Å². The van der Waals surface area contributed by atoms with Gasteiger partial charge in [-0.25, -0.2) is 18.7 Å². The maximum Gasteiger partial charge on any atom is 0.307 e. The molecule has 3 rings (SSSR count). The molecule has 0 spiro atoms. The van der Waals surface area contributed by atoms with E-state index < -0.39 is 28.9 Å². The summed E-state index contributed by atoms with van der Waals surface area (Å²) in [7, 11) is 1.52. The highest BCUT2D eigenvalue weighted by atomic mass is 19.2. The predicted molar refractivity (Wildman–Crippen MR) is 86.8 cm³/mol. The molecule has 0 saturated heterocycles. The van der Waals surface area contributed by atoms with Gasteiger partial charge in [0.25, 0.3) is 0 Å². The van der Waals surface area contributed by atoms with Crippen molar-refractivity contribution < 1.29 is 28.2 Å². The summed E-state index contributed by atoms with van der Waals surface area (Å²) in [6, 6.07) is 3.42. The van der Waals surface area contributed by atoms with Crippen LogP contribution in [0.5, 0.6) is 5.75 Å². The number of carbonyl (C=O) groups is 1. The second kappa shape index (κ2) is 6.95. The third kappa shape index (κ3) is 3.37. The molecule has 1 heterocycles. The average molecular weight is 364 g/mol. The zero-order valence-electron chi connectivity index (χ0n) is 14.3. The Hall–Kier alpha value is -2.61. The molecule has 0 unspecified atom stereocenters. The van der Waals surface area contributed by atoms with Gasteiger partial charge in [0.2, 0.25) is 0 Å². The van der Waals surface area contributed by atoms with Crippen LogP contribution in [-0.4, -0.2) is 34.8 Å². The number of halogens is 2. The van der Waals surface area contributed by atoms with Crippen LogP contribution in [0.2, 0.25) is 0 Å². The maximum absolute atomic E-state index is 13.6. The first kappa shape index (κ1) is 18.2. The Morgan fingerprint density at radius 3 is 2.77 bits per heavy atom. The van der Waals surface area contributed by atoms with Crippen molar-refractivity contribution in [1.29, 1.82) is 0 Å². The molecule has 1 aromatic heterocycles. The number of hydrogen-bond donors (Lipinski definition) is 1. The molecule has 2 atom stereocenters. The first-order chi connectivity index (χ1) is 12.4. The smallest absolute Gasteiger partial charge is 0.307 e. The van der Waals surface area contributed by atoms with Crippen LogP contribution in [0.25, 0.3) is 0 Å². The van der Waals surface area contributed by atoms with E-state index >= 15 is 0 Å². The summed E-state index contributed by atoms with van der Waals surface area (Å²) in [5.74, 6) is -2.81. The van der Waals surface area contributed by atoms with Gasteiger partial charge in [-0.1, -0.05) is 6.07 Å². The summed E-state index contributed by atoms with van der Waals surface area (Å²) in [6.45, 7) is 1.92. The van der Waals surface area contributed by atoms with Crippen LogP contribution in [-0.2, 0) is 21.6 Å². The van der Waals surface area contributed by atoms with E-state index in [1.54, 1.807) is 6.92 Å². The molecule has 6 nitrogen and oxygen atoms in total. The fraction of sp³-hybridized carbons (Fsp3) is 0.389. The Kier molecular flexibility index (Phi) is 4.86. The number of aliphatic carboxylic acids is 1. The third-order valence-electron chi connectivity index (χ3n) is 4.58. The Morgan fingerprint density at radius 1 is 1.38 bits per heavy atom. The van der Waals surface area contributed by atoms with Crippen LogP contribution < -0.4 is 4.74 Å². The van der Waals surface area contributed by atoms with E-state index in [1.165, 1.54) is 19.4 Å². The number of hydrogen-bond acceptors (Lipinski definition) is 5. The second-order valence-electron chi connectivity index (χ2n) is 6.33. The minimum Gasteiger partial charge on any atom is -0.489 e. The molecule has 1 N–H and O–H groups in total. The summed E-state index contributed by atoms with van der Waals surface area (Å²) in [6.07, 6.45) is 1.77. The fourth-order valence-electron chi connectivity index (χ4n) is 3.07. The quantitative estimate of drug-likeness (QED) is 0.813. The topological polar surface area (TPSA) is 81.5 Å². The van der Waals surface area contributed by atoms with Crippen molar-refractivity contribution in [3.8, 4) is 5.75 Å². The summed E-state index contributed by atoms with van der Waals surface area (Å²) in [5.41, 5.74) is 0.00775. The van der Waals surface area contributed by atoms with Crippen molar-refractivity contribution in [2.24, 2.45) is 5.92 Å². The molecule has 1 aliphatic carbocycles. The lowest BCUT2D eigenvalue weighted by atomic mass is 9.93. The van der Waals surface area contributed by atoms with Crippen LogP contribution in [0.4, 0.5) is 8.78 Å². The highest BCUT2D eigenvalue weighted by Gasteiger charge is 2.60. The number of carboxylic acids is 1. The Bertz CT molecular complexity index is 846. The monoisotopic (exact) mass is 364 g/mol. The van der Waals surface area contributed by atoms with Crippen molar-refractivity contribution in [2.45, 2.75) is 25.4 Å².